The summed E-state index contributed by atoms with van der Waals surface area (Å²) in [5.41, 5.74) is 0.199. The van der Waals surface area contributed by atoms with Crippen LogP contribution in [-0.4, -0.2) is 51.1 Å². The molecule has 0 saturated carbocycles. The molecule has 1 heterocycles. The lowest BCUT2D eigenvalue weighted by Gasteiger charge is -2.18. The van der Waals surface area contributed by atoms with Gasteiger partial charge in [-0.2, -0.15) is 0 Å². The van der Waals surface area contributed by atoms with Gasteiger partial charge >= 0.3 is 6.09 Å². The van der Waals surface area contributed by atoms with E-state index in [1.54, 1.807) is 12.1 Å². The van der Waals surface area contributed by atoms with Gasteiger partial charge < -0.3 is 5.32 Å². The first-order chi connectivity index (χ1) is 10.8. The van der Waals surface area contributed by atoms with E-state index in [1.807, 2.05) is 0 Å². The summed E-state index contributed by atoms with van der Waals surface area (Å²) in [6.07, 6.45) is 0.234. The molecule has 1 aromatic carbocycles. The van der Waals surface area contributed by atoms with Crippen LogP contribution >= 0.6 is 11.8 Å². The molecule has 8 nitrogen and oxygen atoms in total. The highest BCUT2D eigenvalue weighted by Gasteiger charge is 2.21. The standard InChI is InChI=1S/C13H15N3O5S2/c1-16(9-5-3-4-6-10(9)23(2,19)20)13(18)21-15-12-7-14-11(17)8-22-12/h3-6H,7-8H2,1-2H3,(H,14,17). The normalized spacial score (nSPS) is 16.8. The maximum absolute atomic E-state index is 12.0. The Morgan fingerprint density at radius 2 is 2.09 bits per heavy atom. The Balaban J connectivity index is 2.12. The molecule has 1 fully saturated rings. The molecule has 0 bridgehead atoms. The van der Waals surface area contributed by atoms with E-state index >= 15 is 0 Å². The van der Waals surface area contributed by atoms with Crippen molar-refractivity contribution in [1.82, 2.24) is 5.32 Å². The number of carbonyl (C=O) groups excluding carboxylic acids is 2. The molecule has 0 unspecified atom stereocenters. The molecule has 10 heteroatoms. The van der Waals surface area contributed by atoms with E-state index < -0.39 is 15.9 Å². The maximum Gasteiger partial charge on any atom is 0.440 e. The average Bonchev–Trinajstić information content (AvgIpc) is 2.52. The molecule has 0 spiro atoms. The summed E-state index contributed by atoms with van der Waals surface area (Å²) in [6, 6.07) is 6.10. The van der Waals surface area contributed by atoms with Crippen LogP contribution in [-0.2, 0) is 19.5 Å². The second-order valence-corrected chi connectivity index (χ2v) is 7.74. The van der Waals surface area contributed by atoms with Crippen molar-refractivity contribution in [3.63, 3.8) is 0 Å². The van der Waals surface area contributed by atoms with Crippen LogP contribution in [0.25, 0.3) is 0 Å². The summed E-state index contributed by atoms with van der Waals surface area (Å²) in [6.45, 7) is 0.195. The maximum atomic E-state index is 12.0. The summed E-state index contributed by atoms with van der Waals surface area (Å²) >= 11 is 1.17. The number of hydrogen-bond donors (Lipinski definition) is 1. The number of nitrogens with one attached hydrogen (secondary N) is 1. The van der Waals surface area contributed by atoms with Crippen LogP contribution in [0.3, 0.4) is 0 Å². The van der Waals surface area contributed by atoms with E-state index in [0.717, 1.165) is 11.2 Å². The predicted molar refractivity (Wildman–Crippen MR) is 87.3 cm³/mol. The molecular weight excluding hydrogens is 342 g/mol. The fourth-order valence-corrected chi connectivity index (χ4v) is 3.36. The van der Waals surface area contributed by atoms with Crippen LogP contribution in [0.15, 0.2) is 34.3 Å². The smallest absolute Gasteiger partial charge is 0.349 e. The topological polar surface area (TPSA) is 105 Å². The highest BCUT2D eigenvalue weighted by atomic mass is 32.2. The molecule has 2 rings (SSSR count). The quantitative estimate of drug-likeness (QED) is 0.635. The highest BCUT2D eigenvalue weighted by molar-refractivity contribution is 8.14. The molecule has 1 aliphatic rings. The third kappa shape index (κ3) is 4.45. The van der Waals surface area contributed by atoms with Gasteiger partial charge in [-0.15, -0.1) is 0 Å². The number of anilines is 1. The van der Waals surface area contributed by atoms with Crippen molar-refractivity contribution >= 4 is 44.3 Å². The van der Waals surface area contributed by atoms with E-state index in [0.29, 0.717) is 5.04 Å². The lowest BCUT2D eigenvalue weighted by molar-refractivity contribution is -0.118. The van der Waals surface area contributed by atoms with Crippen molar-refractivity contribution in [2.45, 2.75) is 4.90 Å². The highest BCUT2D eigenvalue weighted by Crippen LogP contribution is 2.24. The molecule has 1 saturated heterocycles. The van der Waals surface area contributed by atoms with Gasteiger partial charge in [-0.1, -0.05) is 29.1 Å². The summed E-state index contributed by atoms with van der Waals surface area (Å²) in [7, 11) is -2.10. The molecule has 2 amide bonds. The Hall–Kier alpha value is -2.07. The van der Waals surface area contributed by atoms with Crippen LogP contribution in [0.5, 0.6) is 0 Å². The zero-order valence-corrected chi connectivity index (χ0v) is 14.1. The van der Waals surface area contributed by atoms with E-state index in [2.05, 4.69) is 10.5 Å². The number of para-hydroxylation sites is 1. The second kappa shape index (κ2) is 7.01. The lowest BCUT2D eigenvalue weighted by atomic mass is 10.3. The second-order valence-electron chi connectivity index (χ2n) is 4.71. The van der Waals surface area contributed by atoms with E-state index in [-0.39, 0.29) is 28.8 Å². The first-order valence-corrected chi connectivity index (χ1v) is 9.37. The molecule has 0 radical (unpaired) electrons. The molecular formula is C13H15N3O5S2. The Bertz CT molecular complexity index is 749. The summed E-state index contributed by atoms with van der Waals surface area (Å²) in [5.74, 6) is 0.0998. The zero-order valence-electron chi connectivity index (χ0n) is 12.5. The number of sulfone groups is 1. The fraction of sp³-hybridized carbons (Fsp3) is 0.308. The molecule has 0 aromatic heterocycles. The minimum atomic E-state index is -3.49. The van der Waals surface area contributed by atoms with Gasteiger partial charge in [0.2, 0.25) is 5.91 Å². The SMILES string of the molecule is CN(C(=O)ON=C1CNC(=O)CS1)c1ccccc1S(C)(=O)=O. The minimum Gasteiger partial charge on any atom is -0.349 e. The predicted octanol–water partition coefficient (Wildman–Crippen LogP) is 0.839. The molecule has 0 aliphatic carbocycles. The van der Waals surface area contributed by atoms with Crippen molar-refractivity contribution in [2.75, 3.05) is 30.5 Å². The molecule has 1 aliphatic heterocycles. The van der Waals surface area contributed by atoms with Crippen molar-refractivity contribution < 1.29 is 22.8 Å². The van der Waals surface area contributed by atoms with Gasteiger partial charge in [0.15, 0.2) is 9.84 Å². The number of amides is 2. The van der Waals surface area contributed by atoms with Crippen LogP contribution < -0.4 is 10.2 Å². The summed E-state index contributed by atoms with van der Waals surface area (Å²) < 4.78 is 23.5. The largest absolute Gasteiger partial charge is 0.440 e. The van der Waals surface area contributed by atoms with Crippen LogP contribution in [0.4, 0.5) is 10.5 Å². The Morgan fingerprint density at radius 1 is 1.39 bits per heavy atom. The Labute approximate surface area is 137 Å². The van der Waals surface area contributed by atoms with E-state index in [9.17, 15) is 18.0 Å². The van der Waals surface area contributed by atoms with Gasteiger partial charge in [0.1, 0.15) is 5.04 Å². The Kier molecular flexibility index (Phi) is 5.26. The average molecular weight is 357 g/mol. The lowest BCUT2D eigenvalue weighted by Crippen LogP contribution is -2.35. The van der Waals surface area contributed by atoms with Crippen LogP contribution in [0, 0.1) is 0 Å². The fourth-order valence-electron chi connectivity index (χ4n) is 1.78. The molecule has 23 heavy (non-hydrogen) atoms. The van der Waals surface area contributed by atoms with Gasteiger partial charge in [-0.3, -0.25) is 14.5 Å². The molecule has 124 valence electrons. The van der Waals surface area contributed by atoms with E-state index in [4.69, 9.17) is 4.84 Å². The van der Waals surface area contributed by atoms with Gasteiger partial charge in [0.05, 0.1) is 22.9 Å². The summed E-state index contributed by atoms with van der Waals surface area (Å²) in [5, 5.41) is 6.71. The zero-order chi connectivity index (χ0) is 17.0. The van der Waals surface area contributed by atoms with E-state index in [1.165, 1.54) is 30.9 Å². The third-order valence-corrected chi connectivity index (χ3v) is 5.03. The first kappa shape index (κ1) is 17.3. The van der Waals surface area contributed by atoms with Gasteiger partial charge in [-0.25, -0.2) is 13.2 Å². The number of benzene rings is 1. The minimum absolute atomic E-state index is 0.0198. The van der Waals surface area contributed by atoms with Gasteiger partial charge in [0, 0.05) is 13.3 Å². The van der Waals surface area contributed by atoms with Crippen molar-refractivity contribution in [3.05, 3.63) is 24.3 Å². The monoisotopic (exact) mass is 357 g/mol. The summed E-state index contributed by atoms with van der Waals surface area (Å²) in [4.78, 5) is 28.9. The van der Waals surface area contributed by atoms with Crippen molar-refractivity contribution in [2.24, 2.45) is 5.16 Å². The number of thioether (sulfide) groups is 1. The number of nitrogens with zero attached hydrogens (tertiary/aromatic N) is 2. The first-order valence-electron chi connectivity index (χ1n) is 6.49. The number of hydrogen-bond acceptors (Lipinski definition) is 7. The Morgan fingerprint density at radius 3 is 2.70 bits per heavy atom. The number of carbonyl (C=O) groups is 2. The molecule has 0 atom stereocenters. The van der Waals surface area contributed by atoms with Crippen LogP contribution in [0.2, 0.25) is 0 Å². The van der Waals surface area contributed by atoms with Crippen molar-refractivity contribution in [3.8, 4) is 0 Å². The molecule has 1 aromatic rings. The number of oxime groups is 1. The number of rotatable bonds is 3. The van der Waals surface area contributed by atoms with Crippen LogP contribution in [0.1, 0.15) is 0 Å². The van der Waals surface area contributed by atoms with Crippen molar-refractivity contribution in [1.29, 1.82) is 0 Å². The van der Waals surface area contributed by atoms with Gasteiger partial charge in [-0.05, 0) is 12.1 Å². The third-order valence-electron chi connectivity index (χ3n) is 2.93. The molecule has 1 N–H and O–H groups in total. The van der Waals surface area contributed by atoms with Gasteiger partial charge in [0.25, 0.3) is 0 Å².